The van der Waals surface area contributed by atoms with Crippen LogP contribution in [-0.2, 0) is 4.74 Å². The van der Waals surface area contributed by atoms with Crippen molar-refractivity contribution in [3.63, 3.8) is 0 Å². The number of nitrogens with zero attached hydrogens (tertiary/aromatic N) is 3. The van der Waals surface area contributed by atoms with Gasteiger partial charge in [0.05, 0.1) is 17.9 Å². The first-order chi connectivity index (χ1) is 15.0. The SMILES string of the molecule is Cc1ccc(Nc2ncnc(OCC3CC4CCC3N4C(=O)OC3CC3)c2C)c(F)c1. The van der Waals surface area contributed by atoms with Crippen molar-refractivity contribution < 1.29 is 18.7 Å². The Morgan fingerprint density at radius 1 is 1.23 bits per heavy atom. The zero-order valence-corrected chi connectivity index (χ0v) is 17.8. The van der Waals surface area contributed by atoms with Crippen LogP contribution in [0.25, 0.3) is 0 Å². The molecular formula is C23H27FN4O3. The number of rotatable bonds is 6. The molecule has 1 aliphatic carbocycles. The normalized spacial score (nSPS) is 24.4. The average Bonchev–Trinajstić information content (AvgIpc) is 3.36. The number of carbonyl (C=O) groups excluding carboxylic acids is 1. The highest BCUT2D eigenvalue weighted by Crippen LogP contribution is 2.43. The third-order valence-electron chi connectivity index (χ3n) is 6.52. The number of nitrogens with one attached hydrogen (secondary N) is 1. The van der Waals surface area contributed by atoms with Crippen LogP contribution in [0, 0.1) is 25.6 Å². The zero-order chi connectivity index (χ0) is 21.5. The maximum atomic E-state index is 14.2. The van der Waals surface area contributed by atoms with Crippen molar-refractivity contribution in [1.82, 2.24) is 14.9 Å². The van der Waals surface area contributed by atoms with Crippen molar-refractivity contribution in [2.75, 3.05) is 11.9 Å². The summed E-state index contributed by atoms with van der Waals surface area (Å²) >= 11 is 0. The fraction of sp³-hybridized carbons (Fsp3) is 0.522. The quantitative estimate of drug-likeness (QED) is 0.733. The number of fused-ring (bicyclic) bond motifs is 2. The lowest BCUT2D eigenvalue weighted by molar-refractivity contribution is 0.0861. The van der Waals surface area contributed by atoms with E-state index >= 15 is 0 Å². The molecule has 1 saturated carbocycles. The minimum absolute atomic E-state index is 0.121. The Bertz CT molecular complexity index is 997. The highest BCUT2D eigenvalue weighted by atomic mass is 19.1. The lowest BCUT2D eigenvalue weighted by Gasteiger charge is -2.24. The first kappa shape index (κ1) is 20.0. The summed E-state index contributed by atoms with van der Waals surface area (Å²) in [4.78, 5) is 23.0. The van der Waals surface area contributed by atoms with Crippen LogP contribution in [0.5, 0.6) is 5.88 Å². The summed E-state index contributed by atoms with van der Waals surface area (Å²) in [5.74, 6) is 0.904. The van der Waals surface area contributed by atoms with Gasteiger partial charge in [-0.15, -0.1) is 0 Å². The summed E-state index contributed by atoms with van der Waals surface area (Å²) in [5, 5.41) is 3.03. The molecule has 164 valence electrons. The molecule has 3 unspecified atom stereocenters. The largest absolute Gasteiger partial charge is 0.477 e. The molecule has 1 aromatic heterocycles. The van der Waals surface area contributed by atoms with Gasteiger partial charge >= 0.3 is 6.09 Å². The zero-order valence-electron chi connectivity index (χ0n) is 17.8. The number of anilines is 2. The molecule has 7 nitrogen and oxygen atoms in total. The van der Waals surface area contributed by atoms with Crippen LogP contribution in [0.2, 0.25) is 0 Å². The summed E-state index contributed by atoms with van der Waals surface area (Å²) in [7, 11) is 0. The smallest absolute Gasteiger partial charge is 0.410 e. The van der Waals surface area contributed by atoms with Crippen LogP contribution in [0.4, 0.5) is 20.7 Å². The predicted molar refractivity (Wildman–Crippen MR) is 113 cm³/mol. The Morgan fingerprint density at radius 2 is 2.06 bits per heavy atom. The molecule has 3 atom stereocenters. The van der Waals surface area contributed by atoms with Gasteiger partial charge in [0.2, 0.25) is 5.88 Å². The first-order valence-corrected chi connectivity index (χ1v) is 11.0. The second kappa shape index (κ2) is 7.98. The predicted octanol–water partition coefficient (Wildman–Crippen LogP) is 4.51. The molecule has 1 aromatic carbocycles. The second-order valence-corrected chi connectivity index (χ2v) is 8.86. The van der Waals surface area contributed by atoms with Gasteiger partial charge in [-0.1, -0.05) is 6.07 Å². The van der Waals surface area contributed by atoms with E-state index in [-0.39, 0.29) is 36.0 Å². The maximum Gasteiger partial charge on any atom is 0.410 e. The second-order valence-electron chi connectivity index (χ2n) is 8.86. The van der Waals surface area contributed by atoms with Gasteiger partial charge in [0.25, 0.3) is 0 Å². The number of hydrogen-bond acceptors (Lipinski definition) is 6. The van der Waals surface area contributed by atoms with Gasteiger partial charge in [-0.2, -0.15) is 0 Å². The third kappa shape index (κ3) is 4.03. The summed E-state index contributed by atoms with van der Waals surface area (Å²) < 4.78 is 25.8. The van der Waals surface area contributed by atoms with Crippen molar-refractivity contribution in [3.05, 3.63) is 41.5 Å². The Kier molecular flexibility index (Phi) is 5.16. The molecule has 1 N–H and O–H groups in total. The van der Waals surface area contributed by atoms with E-state index in [0.29, 0.717) is 24.0 Å². The number of aryl methyl sites for hydroxylation is 1. The number of carbonyl (C=O) groups is 1. The number of aromatic nitrogens is 2. The van der Waals surface area contributed by atoms with Crippen LogP contribution < -0.4 is 10.1 Å². The van der Waals surface area contributed by atoms with Gasteiger partial charge in [-0.05, 0) is 63.6 Å². The molecule has 2 bridgehead atoms. The summed E-state index contributed by atoms with van der Waals surface area (Å²) in [6.07, 6.45) is 6.28. The van der Waals surface area contributed by atoms with Crippen molar-refractivity contribution in [2.24, 2.45) is 5.92 Å². The van der Waals surface area contributed by atoms with Crippen molar-refractivity contribution in [1.29, 1.82) is 0 Å². The Balaban J connectivity index is 1.24. The van der Waals surface area contributed by atoms with E-state index in [0.717, 1.165) is 43.2 Å². The standard InChI is InChI=1S/C23H27FN4O3/c1-13-3-7-19(18(24)9-13)27-21-14(2)22(26-12-25-21)30-11-15-10-16-4-8-20(15)28(16)23(29)31-17-5-6-17/h3,7,9,12,15-17,20H,4-6,8,10-11H2,1-2H3,(H,25,26,27). The summed E-state index contributed by atoms with van der Waals surface area (Å²) in [5.41, 5.74) is 1.93. The lowest BCUT2D eigenvalue weighted by atomic mass is 9.90. The van der Waals surface area contributed by atoms with E-state index in [1.54, 1.807) is 6.07 Å². The molecule has 3 aliphatic rings. The molecule has 2 saturated heterocycles. The minimum atomic E-state index is -0.333. The monoisotopic (exact) mass is 426 g/mol. The van der Waals surface area contributed by atoms with Gasteiger partial charge < -0.3 is 19.7 Å². The van der Waals surface area contributed by atoms with Gasteiger partial charge in [-0.25, -0.2) is 19.2 Å². The van der Waals surface area contributed by atoms with Crippen LogP contribution >= 0.6 is 0 Å². The number of halogens is 1. The average molecular weight is 426 g/mol. The third-order valence-corrected chi connectivity index (χ3v) is 6.52. The number of hydrogen-bond donors (Lipinski definition) is 1. The molecule has 8 heteroatoms. The van der Waals surface area contributed by atoms with Crippen LogP contribution in [-0.4, -0.2) is 45.8 Å². The van der Waals surface area contributed by atoms with Crippen molar-refractivity contribution >= 4 is 17.6 Å². The number of benzene rings is 1. The first-order valence-electron chi connectivity index (χ1n) is 11.0. The molecule has 2 aromatic rings. The number of amides is 1. The summed E-state index contributed by atoms with van der Waals surface area (Å²) in [6, 6.07) is 5.42. The molecule has 3 fully saturated rings. The van der Waals surface area contributed by atoms with E-state index in [1.165, 1.54) is 12.4 Å². The topological polar surface area (TPSA) is 76.6 Å². The Morgan fingerprint density at radius 3 is 2.84 bits per heavy atom. The Hall–Kier alpha value is -2.90. The molecule has 0 radical (unpaired) electrons. The summed E-state index contributed by atoms with van der Waals surface area (Å²) in [6.45, 7) is 4.17. The van der Waals surface area contributed by atoms with Gasteiger partial charge in [0.15, 0.2) is 0 Å². The maximum absolute atomic E-state index is 14.2. The van der Waals surface area contributed by atoms with E-state index in [2.05, 4.69) is 15.3 Å². The molecule has 5 rings (SSSR count). The number of ether oxygens (including phenoxy) is 2. The molecule has 1 amide bonds. The molecule has 31 heavy (non-hydrogen) atoms. The van der Waals surface area contributed by atoms with Gasteiger partial charge in [0.1, 0.15) is 24.1 Å². The lowest BCUT2D eigenvalue weighted by Crippen LogP contribution is -2.38. The Labute approximate surface area is 181 Å². The van der Waals surface area contributed by atoms with Crippen LogP contribution in [0.1, 0.15) is 43.2 Å². The molecule has 0 spiro atoms. The fourth-order valence-corrected chi connectivity index (χ4v) is 4.71. The molecule has 2 aliphatic heterocycles. The minimum Gasteiger partial charge on any atom is -0.477 e. The molecular weight excluding hydrogens is 399 g/mol. The van der Waals surface area contributed by atoms with Crippen molar-refractivity contribution in [2.45, 2.75) is 64.1 Å². The van der Waals surface area contributed by atoms with Crippen LogP contribution in [0.3, 0.4) is 0 Å². The van der Waals surface area contributed by atoms with Crippen LogP contribution in [0.15, 0.2) is 24.5 Å². The van der Waals surface area contributed by atoms with E-state index in [9.17, 15) is 9.18 Å². The van der Waals surface area contributed by atoms with Gasteiger partial charge in [0, 0.05) is 18.0 Å². The van der Waals surface area contributed by atoms with Crippen molar-refractivity contribution in [3.8, 4) is 5.88 Å². The molecule has 3 heterocycles. The van der Waals surface area contributed by atoms with E-state index < -0.39 is 0 Å². The highest BCUT2D eigenvalue weighted by Gasteiger charge is 2.50. The van der Waals surface area contributed by atoms with Gasteiger partial charge in [-0.3, -0.25) is 0 Å². The van der Waals surface area contributed by atoms with E-state index in [4.69, 9.17) is 9.47 Å². The highest BCUT2D eigenvalue weighted by molar-refractivity contribution is 5.70. The fourth-order valence-electron chi connectivity index (χ4n) is 4.71. The van der Waals surface area contributed by atoms with E-state index in [1.807, 2.05) is 24.8 Å².